The molecule has 0 amide bonds. The van der Waals surface area contributed by atoms with Crippen molar-refractivity contribution in [2.24, 2.45) is 5.92 Å². The molecule has 1 saturated heterocycles. The van der Waals surface area contributed by atoms with Crippen LogP contribution in [0, 0.1) is 5.92 Å². The van der Waals surface area contributed by atoms with Crippen LogP contribution in [0.2, 0.25) is 13.1 Å². The quantitative estimate of drug-likeness (QED) is 0.135. The molecule has 1 radical (unpaired) electrons. The second-order valence-electron chi connectivity index (χ2n) is 13.4. The predicted molar refractivity (Wildman–Crippen MR) is 188 cm³/mol. The normalized spacial score (nSPS) is 20.0. The topological polar surface area (TPSA) is 101 Å². The van der Waals surface area contributed by atoms with E-state index in [0.29, 0.717) is 6.42 Å². The van der Waals surface area contributed by atoms with Gasteiger partial charge in [-0.2, -0.15) is 0 Å². The van der Waals surface area contributed by atoms with E-state index in [4.69, 9.17) is 23.7 Å². The van der Waals surface area contributed by atoms with Gasteiger partial charge >= 0.3 is 5.69 Å². The van der Waals surface area contributed by atoms with Gasteiger partial charge in [0.2, 0.25) is 0 Å². The zero-order chi connectivity index (χ0) is 34.7. The van der Waals surface area contributed by atoms with Crippen molar-refractivity contribution in [3.63, 3.8) is 0 Å². The Kier molecular flexibility index (Phi) is 10.5. The smallest absolute Gasteiger partial charge is 0.330 e. The van der Waals surface area contributed by atoms with E-state index in [0.717, 1.165) is 28.2 Å². The van der Waals surface area contributed by atoms with Crippen molar-refractivity contribution >= 4 is 8.80 Å². The summed E-state index contributed by atoms with van der Waals surface area (Å²) in [5.74, 6) is 1.67. The van der Waals surface area contributed by atoms with Gasteiger partial charge < -0.3 is 23.7 Å². The average Bonchev–Trinajstić information content (AvgIpc) is 3.44. The summed E-state index contributed by atoms with van der Waals surface area (Å²) in [7, 11) is 1.93. The maximum Gasteiger partial charge on any atom is 0.330 e. The zero-order valence-corrected chi connectivity index (χ0v) is 30.1. The fourth-order valence-corrected chi connectivity index (χ4v) is 7.92. The molecule has 0 saturated carbocycles. The lowest BCUT2D eigenvalue weighted by molar-refractivity contribution is -0.150. The van der Waals surface area contributed by atoms with Crippen molar-refractivity contribution in [1.82, 2.24) is 9.55 Å². The molecule has 0 unspecified atom stereocenters. The van der Waals surface area contributed by atoms with Crippen LogP contribution in [-0.4, -0.2) is 57.0 Å². The van der Waals surface area contributed by atoms with Crippen LogP contribution >= 0.6 is 0 Å². The van der Waals surface area contributed by atoms with Gasteiger partial charge in [0.1, 0.15) is 37.3 Å². The lowest BCUT2D eigenvalue weighted by atomic mass is 9.80. The first-order chi connectivity index (χ1) is 22.9. The van der Waals surface area contributed by atoms with Crippen molar-refractivity contribution in [2.45, 2.75) is 76.0 Å². The summed E-state index contributed by atoms with van der Waals surface area (Å²) < 4.78 is 33.7. The van der Waals surface area contributed by atoms with Gasteiger partial charge in [-0.05, 0) is 60.7 Å². The highest BCUT2D eigenvalue weighted by Gasteiger charge is 2.53. The molecule has 5 rings (SSSR count). The second kappa shape index (κ2) is 14.3. The molecule has 2 heterocycles. The standard InChI is InChI=1S/C38H47N2O7Si/c1-26(2)36(3,4)46-32-24-37(48(7)8,40-23-22-34(41)39-35(40)42)47-33(32)25-45-38(27-12-10-9-11-13-27,28-14-18-30(43-5)19-15-28)29-16-20-31(44-6)21-17-29/h9-23,26,32-33H,24-25H2,1-8H3,(H,39,41,42)/t32-,33+,37-/m0/s1. The van der Waals surface area contributed by atoms with Crippen molar-refractivity contribution in [1.29, 1.82) is 0 Å². The van der Waals surface area contributed by atoms with Crippen molar-refractivity contribution in [3.05, 3.63) is 129 Å². The number of benzene rings is 3. The first kappa shape index (κ1) is 35.3. The molecule has 1 aliphatic rings. The first-order valence-electron chi connectivity index (χ1n) is 16.3. The number of rotatable bonds is 13. The van der Waals surface area contributed by atoms with E-state index in [1.54, 1.807) is 18.8 Å². The van der Waals surface area contributed by atoms with E-state index in [1.165, 1.54) is 12.3 Å². The molecule has 9 nitrogen and oxygen atoms in total. The number of nitrogens with one attached hydrogen (secondary N) is 1. The summed E-state index contributed by atoms with van der Waals surface area (Å²) in [5, 5.41) is -0.993. The Labute approximate surface area is 284 Å². The Morgan fingerprint density at radius 3 is 1.90 bits per heavy atom. The second-order valence-corrected chi connectivity index (χ2v) is 16.1. The molecule has 0 spiro atoms. The number of hydrogen-bond acceptors (Lipinski definition) is 7. The Bertz CT molecular complexity index is 1720. The summed E-state index contributed by atoms with van der Waals surface area (Å²) >= 11 is 0. The first-order valence-corrected chi connectivity index (χ1v) is 18.8. The van der Waals surface area contributed by atoms with E-state index in [1.807, 2.05) is 66.7 Å². The minimum Gasteiger partial charge on any atom is -0.497 e. The number of hydrogen-bond donors (Lipinski definition) is 1. The van der Waals surface area contributed by atoms with Gasteiger partial charge in [0.15, 0.2) is 0 Å². The summed E-state index contributed by atoms with van der Waals surface area (Å²) in [6.07, 6.45) is 0.992. The highest BCUT2D eigenvalue weighted by Crippen LogP contribution is 2.45. The summed E-state index contributed by atoms with van der Waals surface area (Å²) in [6.45, 7) is 12.8. The molecule has 4 aromatic rings. The number of ether oxygens (including phenoxy) is 5. The molecule has 1 aromatic heterocycles. The minimum atomic E-state index is -1.37. The predicted octanol–water partition coefficient (Wildman–Crippen LogP) is 6.12. The lowest BCUT2D eigenvalue weighted by Crippen LogP contribution is -2.52. The Balaban J connectivity index is 1.65. The van der Waals surface area contributed by atoms with Crippen LogP contribution in [0.25, 0.3) is 0 Å². The van der Waals surface area contributed by atoms with E-state index in [2.05, 4.69) is 57.9 Å². The van der Waals surface area contributed by atoms with E-state index >= 15 is 0 Å². The van der Waals surface area contributed by atoms with Crippen LogP contribution in [-0.2, 0) is 25.2 Å². The van der Waals surface area contributed by atoms with Gasteiger partial charge in [0.25, 0.3) is 5.56 Å². The number of aromatic amines is 1. The van der Waals surface area contributed by atoms with Crippen LogP contribution in [0.4, 0.5) is 0 Å². The summed E-state index contributed by atoms with van der Waals surface area (Å²) in [4.78, 5) is 27.8. The van der Waals surface area contributed by atoms with Gasteiger partial charge in [0.05, 0.1) is 32.5 Å². The molecule has 1 N–H and O–H groups in total. The molecule has 1 aliphatic heterocycles. The SMILES string of the molecule is COc1ccc(C(OC[C@H]2O[C@](n3ccc(=O)[nH]c3=O)([Si](C)C)C[C@@H]2OC(C)(C)C(C)C)(c2ccccc2)c2ccc(OC)cc2)cc1. The minimum absolute atomic E-state index is 0.140. The van der Waals surface area contributed by atoms with Gasteiger partial charge in [0, 0.05) is 18.7 Å². The van der Waals surface area contributed by atoms with Crippen LogP contribution < -0.4 is 20.7 Å². The maximum absolute atomic E-state index is 13.3. The lowest BCUT2D eigenvalue weighted by Gasteiger charge is -2.38. The third kappa shape index (κ3) is 6.80. The fourth-order valence-electron chi connectivity index (χ4n) is 6.26. The molecule has 0 bridgehead atoms. The van der Waals surface area contributed by atoms with Crippen LogP contribution in [0.15, 0.2) is 101 Å². The monoisotopic (exact) mass is 671 g/mol. The third-order valence-electron chi connectivity index (χ3n) is 9.72. The molecular weight excluding hydrogens is 625 g/mol. The van der Waals surface area contributed by atoms with E-state index in [-0.39, 0.29) is 12.5 Å². The molecule has 10 heteroatoms. The molecule has 1 fully saturated rings. The van der Waals surface area contributed by atoms with Gasteiger partial charge in [-0.25, -0.2) is 4.79 Å². The van der Waals surface area contributed by atoms with Crippen LogP contribution in [0.1, 0.15) is 50.8 Å². The molecule has 48 heavy (non-hydrogen) atoms. The van der Waals surface area contributed by atoms with Crippen LogP contribution in [0.5, 0.6) is 11.5 Å². The molecule has 3 atom stereocenters. The van der Waals surface area contributed by atoms with E-state index in [9.17, 15) is 9.59 Å². The Morgan fingerprint density at radius 2 is 1.42 bits per heavy atom. The highest BCUT2D eigenvalue weighted by atomic mass is 28.3. The number of aromatic nitrogens is 2. The Hall–Kier alpha value is -3.96. The molecule has 0 aliphatic carbocycles. The maximum atomic E-state index is 13.3. The van der Waals surface area contributed by atoms with Gasteiger partial charge in [-0.3, -0.25) is 14.3 Å². The van der Waals surface area contributed by atoms with Gasteiger partial charge in [-0.1, -0.05) is 81.5 Å². The third-order valence-corrected chi connectivity index (χ3v) is 11.8. The zero-order valence-electron chi connectivity index (χ0n) is 29.1. The largest absolute Gasteiger partial charge is 0.497 e. The fraction of sp³-hybridized carbons (Fsp3) is 0.421. The average molecular weight is 672 g/mol. The molecule has 3 aromatic carbocycles. The van der Waals surface area contributed by atoms with Crippen LogP contribution in [0.3, 0.4) is 0 Å². The number of H-pyrrole nitrogens is 1. The van der Waals surface area contributed by atoms with Crippen molar-refractivity contribution < 1.29 is 23.7 Å². The van der Waals surface area contributed by atoms with E-state index < -0.39 is 48.8 Å². The summed E-state index contributed by atoms with van der Waals surface area (Å²) in [5.41, 5.74) is 0.214. The highest BCUT2D eigenvalue weighted by molar-refractivity contribution is 6.58. The number of methoxy groups -OCH3 is 2. The Morgan fingerprint density at radius 1 is 0.875 bits per heavy atom. The van der Waals surface area contributed by atoms with Crippen molar-refractivity contribution in [2.75, 3.05) is 20.8 Å². The number of nitrogens with zero attached hydrogens (tertiary/aromatic N) is 1. The summed E-state index contributed by atoms with van der Waals surface area (Å²) in [6, 6.07) is 27.3. The van der Waals surface area contributed by atoms with Gasteiger partial charge in [-0.15, -0.1) is 0 Å². The molecule has 255 valence electrons. The van der Waals surface area contributed by atoms with Crippen molar-refractivity contribution in [3.8, 4) is 11.5 Å². The molecular formula is C38H47N2O7Si.